The molecule has 1 aromatic rings. The summed E-state index contributed by atoms with van der Waals surface area (Å²) in [6, 6.07) is 1.93. The molecular formula is C9H3ClF6O2. The van der Waals surface area contributed by atoms with Crippen LogP contribution in [0.15, 0.2) is 18.2 Å². The lowest BCUT2D eigenvalue weighted by molar-refractivity contribution is -0.276. The molecule has 1 rings (SSSR count). The van der Waals surface area contributed by atoms with Crippen LogP contribution in [-0.4, -0.2) is 18.1 Å². The van der Waals surface area contributed by atoms with Gasteiger partial charge in [0.25, 0.3) is 0 Å². The maximum atomic E-state index is 12.6. The predicted molar refractivity (Wildman–Crippen MR) is 48.0 cm³/mol. The van der Waals surface area contributed by atoms with Crippen LogP contribution in [0.3, 0.4) is 0 Å². The molecular weight excluding hydrogens is 290 g/mol. The van der Waals surface area contributed by atoms with E-state index in [-0.39, 0.29) is 0 Å². The maximum absolute atomic E-state index is 12.6. The summed E-state index contributed by atoms with van der Waals surface area (Å²) < 4.78 is 76.8. The predicted octanol–water partition coefficient (Wildman–Crippen LogP) is 3.58. The van der Waals surface area contributed by atoms with Crippen molar-refractivity contribution in [2.45, 2.75) is 12.1 Å². The molecule has 0 saturated carbocycles. The number of hydrogen-bond donors (Lipinski definition) is 0. The van der Waals surface area contributed by atoms with Gasteiger partial charge in [0.1, 0.15) is 11.6 Å². The van der Waals surface area contributed by atoms with Crippen LogP contribution in [0.4, 0.5) is 26.3 Å². The first-order valence-electron chi connectivity index (χ1n) is 4.17. The van der Waals surface area contributed by atoms with Gasteiger partial charge in [0.15, 0.2) is 0 Å². The standard InChI is InChI=1S/C9H3ClF6O2/c10-5-3-4(11)1-2-6(5)18-7(17)8(12,13)9(14,15)16/h1-3H. The van der Waals surface area contributed by atoms with Crippen molar-refractivity contribution < 1.29 is 35.9 Å². The summed E-state index contributed by atoms with van der Waals surface area (Å²) in [6.45, 7) is 0. The second-order valence-corrected chi connectivity index (χ2v) is 3.44. The molecule has 0 heterocycles. The van der Waals surface area contributed by atoms with Gasteiger partial charge in [0.2, 0.25) is 0 Å². The van der Waals surface area contributed by atoms with Crippen LogP contribution in [-0.2, 0) is 4.79 Å². The normalized spacial score (nSPS) is 12.4. The van der Waals surface area contributed by atoms with Crippen molar-refractivity contribution in [1.29, 1.82) is 0 Å². The smallest absolute Gasteiger partial charge is 0.420 e. The van der Waals surface area contributed by atoms with Crippen LogP contribution in [0.2, 0.25) is 5.02 Å². The van der Waals surface area contributed by atoms with Crippen molar-refractivity contribution in [3.05, 3.63) is 29.0 Å². The van der Waals surface area contributed by atoms with Gasteiger partial charge in [-0.2, -0.15) is 22.0 Å². The monoisotopic (exact) mass is 292 g/mol. The minimum absolute atomic E-state index is 0.593. The van der Waals surface area contributed by atoms with Crippen molar-refractivity contribution in [2.75, 3.05) is 0 Å². The Morgan fingerprint density at radius 2 is 1.72 bits per heavy atom. The molecule has 0 amide bonds. The van der Waals surface area contributed by atoms with Crippen molar-refractivity contribution >= 4 is 17.6 Å². The molecule has 0 aliphatic heterocycles. The van der Waals surface area contributed by atoms with Crippen LogP contribution in [0.1, 0.15) is 0 Å². The minimum Gasteiger partial charge on any atom is -0.420 e. The third-order valence-corrected chi connectivity index (χ3v) is 2.00. The molecule has 0 spiro atoms. The van der Waals surface area contributed by atoms with Gasteiger partial charge in [-0.3, -0.25) is 0 Å². The largest absolute Gasteiger partial charge is 0.465 e. The Balaban J connectivity index is 2.95. The molecule has 0 unspecified atom stereocenters. The topological polar surface area (TPSA) is 26.3 Å². The fraction of sp³-hybridized carbons (Fsp3) is 0.222. The Bertz CT molecular complexity index is 471. The highest BCUT2D eigenvalue weighted by molar-refractivity contribution is 6.32. The van der Waals surface area contributed by atoms with E-state index >= 15 is 0 Å². The van der Waals surface area contributed by atoms with E-state index in [1.54, 1.807) is 0 Å². The summed E-state index contributed by atoms with van der Waals surface area (Å²) in [7, 11) is 0. The van der Waals surface area contributed by atoms with E-state index in [2.05, 4.69) is 4.74 Å². The average molecular weight is 293 g/mol. The van der Waals surface area contributed by atoms with Gasteiger partial charge in [-0.25, -0.2) is 9.18 Å². The molecule has 1 aromatic carbocycles. The number of halogens is 7. The van der Waals surface area contributed by atoms with E-state index in [1.165, 1.54) is 0 Å². The molecule has 100 valence electrons. The van der Waals surface area contributed by atoms with Crippen molar-refractivity contribution in [3.8, 4) is 5.75 Å². The number of esters is 1. The Labute approximate surface area is 101 Å². The number of hydrogen-bond acceptors (Lipinski definition) is 2. The fourth-order valence-electron chi connectivity index (χ4n) is 0.838. The van der Waals surface area contributed by atoms with Crippen LogP contribution in [0, 0.1) is 5.82 Å². The van der Waals surface area contributed by atoms with E-state index in [9.17, 15) is 31.1 Å². The van der Waals surface area contributed by atoms with Gasteiger partial charge >= 0.3 is 18.1 Å². The molecule has 0 saturated heterocycles. The summed E-state index contributed by atoms with van der Waals surface area (Å²) >= 11 is 5.29. The van der Waals surface area contributed by atoms with Crippen LogP contribution in [0.25, 0.3) is 0 Å². The van der Waals surface area contributed by atoms with E-state index in [0.717, 1.165) is 0 Å². The quantitative estimate of drug-likeness (QED) is 0.473. The molecule has 0 aromatic heterocycles. The third kappa shape index (κ3) is 2.87. The number of carbonyl (C=O) groups excluding carboxylic acids is 1. The van der Waals surface area contributed by atoms with Gasteiger partial charge in [-0.05, 0) is 18.2 Å². The minimum atomic E-state index is -6.09. The Morgan fingerprint density at radius 3 is 2.17 bits per heavy atom. The molecule has 0 bridgehead atoms. The van der Waals surface area contributed by atoms with Crippen molar-refractivity contribution in [3.63, 3.8) is 0 Å². The zero-order valence-corrected chi connectivity index (χ0v) is 8.95. The number of rotatable bonds is 2. The molecule has 0 fully saturated rings. The van der Waals surface area contributed by atoms with E-state index in [1.807, 2.05) is 0 Å². The first-order valence-corrected chi connectivity index (χ1v) is 4.55. The summed E-state index contributed by atoms with van der Waals surface area (Å²) in [5, 5.41) is -0.610. The third-order valence-electron chi connectivity index (χ3n) is 1.71. The lowest BCUT2D eigenvalue weighted by Gasteiger charge is -2.17. The highest BCUT2D eigenvalue weighted by atomic mass is 35.5. The summed E-state index contributed by atoms with van der Waals surface area (Å²) in [5.74, 6) is -10.2. The molecule has 0 atom stereocenters. The Hall–Kier alpha value is -1.44. The van der Waals surface area contributed by atoms with Gasteiger partial charge in [0, 0.05) is 0 Å². The number of ether oxygens (including phenoxy) is 1. The van der Waals surface area contributed by atoms with Crippen LogP contribution in [0.5, 0.6) is 5.75 Å². The summed E-state index contributed by atoms with van der Waals surface area (Å²) in [6.07, 6.45) is -6.09. The second-order valence-electron chi connectivity index (χ2n) is 3.04. The lowest BCUT2D eigenvalue weighted by Crippen LogP contribution is -2.46. The number of benzene rings is 1. The van der Waals surface area contributed by atoms with Crippen molar-refractivity contribution in [2.24, 2.45) is 0 Å². The summed E-state index contributed by atoms with van der Waals surface area (Å²) in [5.41, 5.74) is 0. The van der Waals surface area contributed by atoms with Crippen LogP contribution < -0.4 is 4.74 Å². The van der Waals surface area contributed by atoms with Gasteiger partial charge < -0.3 is 4.74 Å². The average Bonchev–Trinajstić information content (AvgIpc) is 2.20. The Kier molecular flexibility index (Phi) is 3.80. The zero-order chi connectivity index (χ0) is 14.1. The molecule has 0 radical (unpaired) electrons. The second kappa shape index (κ2) is 4.68. The first kappa shape index (κ1) is 14.6. The van der Waals surface area contributed by atoms with Crippen molar-refractivity contribution in [1.82, 2.24) is 0 Å². The maximum Gasteiger partial charge on any atom is 0.465 e. The molecule has 0 aliphatic rings. The molecule has 18 heavy (non-hydrogen) atoms. The lowest BCUT2D eigenvalue weighted by atomic mass is 10.3. The molecule has 9 heteroatoms. The van der Waals surface area contributed by atoms with E-state index in [0.29, 0.717) is 18.2 Å². The zero-order valence-electron chi connectivity index (χ0n) is 8.19. The molecule has 0 aliphatic carbocycles. The van der Waals surface area contributed by atoms with Gasteiger partial charge in [-0.15, -0.1) is 0 Å². The summed E-state index contributed by atoms with van der Waals surface area (Å²) in [4.78, 5) is 10.7. The fourth-order valence-corrected chi connectivity index (χ4v) is 1.04. The highest BCUT2D eigenvalue weighted by Gasteiger charge is 2.65. The number of carbonyl (C=O) groups is 1. The Morgan fingerprint density at radius 1 is 1.17 bits per heavy atom. The SMILES string of the molecule is O=C(Oc1ccc(F)cc1Cl)C(F)(F)C(F)(F)F. The van der Waals surface area contributed by atoms with E-state index in [4.69, 9.17) is 11.6 Å². The van der Waals surface area contributed by atoms with Gasteiger partial charge in [-0.1, -0.05) is 11.6 Å². The highest BCUT2D eigenvalue weighted by Crippen LogP contribution is 2.37. The molecule has 0 N–H and O–H groups in total. The van der Waals surface area contributed by atoms with Gasteiger partial charge in [0.05, 0.1) is 5.02 Å². The number of alkyl halides is 5. The molecule has 2 nitrogen and oxygen atoms in total. The van der Waals surface area contributed by atoms with Crippen LogP contribution >= 0.6 is 11.6 Å². The first-order chi connectivity index (χ1) is 8.05. The van der Waals surface area contributed by atoms with E-state index < -0.39 is 34.7 Å².